The molecule has 2 aliphatic heterocycles. The molecular formula is C9H10N2O7. The summed E-state index contributed by atoms with van der Waals surface area (Å²) in [5.74, 6) is -4.15. The molecule has 4 atom stereocenters. The van der Waals surface area contributed by atoms with Crippen LogP contribution in [0.2, 0.25) is 0 Å². The van der Waals surface area contributed by atoms with Crippen LogP contribution < -0.4 is 11.2 Å². The number of ether oxygens (including phenoxy) is 2. The fourth-order valence-corrected chi connectivity index (χ4v) is 2.11. The molecule has 0 saturated carbocycles. The Morgan fingerprint density at radius 1 is 1.39 bits per heavy atom. The van der Waals surface area contributed by atoms with E-state index in [9.17, 15) is 19.8 Å². The maximum absolute atomic E-state index is 11.5. The number of nitrogens with one attached hydrogen (secondary N) is 1. The van der Waals surface area contributed by atoms with Gasteiger partial charge in [0.05, 0.1) is 6.61 Å². The molecule has 9 nitrogen and oxygen atoms in total. The van der Waals surface area contributed by atoms with Crippen molar-refractivity contribution < 1.29 is 24.8 Å². The van der Waals surface area contributed by atoms with Gasteiger partial charge in [-0.1, -0.05) is 0 Å². The summed E-state index contributed by atoms with van der Waals surface area (Å²) in [5.41, 5.74) is -1.43. The maximum Gasteiger partial charge on any atom is 0.330 e. The summed E-state index contributed by atoms with van der Waals surface area (Å²) in [6.45, 7) is -0.590. The van der Waals surface area contributed by atoms with Gasteiger partial charge in [0.2, 0.25) is 0 Å². The van der Waals surface area contributed by atoms with E-state index in [1.54, 1.807) is 0 Å². The van der Waals surface area contributed by atoms with Crippen LogP contribution in [0, 0.1) is 0 Å². The molecule has 2 fully saturated rings. The lowest BCUT2D eigenvalue weighted by Gasteiger charge is -2.19. The maximum atomic E-state index is 11.5. The summed E-state index contributed by atoms with van der Waals surface area (Å²) in [5, 5.41) is 28.8. The number of epoxide rings is 1. The summed E-state index contributed by atoms with van der Waals surface area (Å²) >= 11 is 0. The number of H-pyrrole nitrogens is 1. The normalized spacial score (nSPS) is 41.7. The molecule has 1 aromatic heterocycles. The Labute approximate surface area is 98.8 Å². The smallest absolute Gasteiger partial charge is 0.330 e. The second-order valence-corrected chi connectivity index (χ2v) is 4.17. The lowest BCUT2D eigenvalue weighted by Crippen LogP contribution is -2.38. The number of aliphatic hydroxyl groups is 3. The zero-order chi connectivity index (χ0) is 13.1. The number of aliphatic hydroxyl groups excluding tert-OH is 1. The van der Waals surface area contributed by atoms with Crippen LogP contribution in [0.15, 0.2) is 21.9 Å². The van der Waals surface area contributed by atoms with Gasteiger partial charge in [0.15, 0.2) is 6.23 Å². The highest BCUT2D eigenvalue weighted by atomic mass is 16.9. The molecule has 0 amide bonds. The van der Waals surface area contributed by atoms with Crippen molar-refractivity contribution in [1.29, 1.82) is 0 Å². The Morgan fingerprint density at radius 2 is 2.11 bits per heavy atom. The van der Waals surface area contributed by atoms with Crippen molar-refractivity contribution in [2.75, 3.05) is 6.61 Å². The molecule has 2 unspecified atom stereocenters. The first kappa shape index (κ1) is 11.6. The van der Waals surface area contributed by atoms with Gasteiger partial charge < -0.3 is 24.8 Å². The lowest BCUT2D eigenvalue weighted by molar-refractivity contribution is -0.182. The first-order valence-electron chi connectivity index (χ1n) is 5.15. The molecule has 98 valence electrons. The quantitative estimate of drug-likeness (QED) is 0.411. The van der Waals surface area contributed by atoms with Crippen LogP contribution in [0.1, 0.15) is 6.23 Å². The van der Waals surface area contributed by atoms with E-state index in [0.29, 0.717) is 0 Å². The molecule has 9 heteroatoms. The highest BCUT2D eigenvalue weighted by Crippen LogP contribution is 2.59. The minimum absolute atomic E-state index is 0.590. The summed E-state index contributed by atoms with van der Waals surface area (Å²) < 4.78 is 10.8. The number of hydrogen-bond donors (Lipinski definition) is 4. The van der Waals surface area contributed by atoms with Gasteiger partial charge in [0.1, 0.15) is 6.10 Å². The molecular weight excluding hydrogens is 248 g/mol. The summed E-state index contributed by atoms with van der Waals surface area (Å²) in [6, 6.07) is 1.06. The zero-order valence-electron chi connectivity index (χ0n) is 8.94. The third-order valence-electron chi connectivity index (χ3n) is 3.12. The Kier molecular flexibility index (Phi) is 2.10. The standard InChI is InChI=1S/C9H10N2O7/c12-3-4-8(15)9(16,18-8)6(17-4)11-2-1-5(13)10-7(11)14/h1-2,4,6,12,15-16H,3H2,(H,10,13,14)/t4-,6-,8?,9?/m0/s1. The van der Waals surface area contributed by atoms with Gasteiger partial charge in [-0.15, -0.1) is 0 Å². The fraction of sp³-hybridized carbons (Fsp3) is 0.556. The van der Waals surface area contributed by atoms with Crippen molar-refractivity contribution in [1.82, 2.24) is 9.55 Å². The lowest BCUT2D eigenvalue weighted by atomic mass is 10.1. The number of aromatic nitrogens is 2. The largest absolute Gasteiger partial charge is 0.393 e. The molecule has 1 aromatic rings. The first-order valence-corrected chi connectivity index (χ1v) is 5.15. The molecule has 0 aromatic carbocycles. The Morgan fingerprint density at radius 3 is 2.67 bits per heavy atom. The number of rotatable bonds is 2. The van der Waals surface area contributed by atoms with E-state index in [0.717, 1.165) is 16.8 Å². The van der Waals surface area contributed by atoms with Gasteiger partial charge in [0, 0.05) is 12.3 Å². The van der Waals surface area contributed by atoms with Gasteiger partial charge in [-0.25, -0.2) is 4.79 Å². The average molecular weight is 258 g/mol. The van der Waals surface area contributed by atoms with E-state index in [1.807, 2.05) is 4.98 Å². The topological polar surface area (TPSA) is 137 Å². The van der Waals surface area contributed by atoms with Crippen molar-refractivity contribution in [2.45, 2.75) is 23.9 Å². The predicted octanol–water partition coefficient (Wildman–Crippen LogP) is -3.17. The molecule has 2 aliphatic rings. The van der Waals surface area contributed by atoms with E-state index in [-0.39, 0.29) is 0 Å². The van der Waals surface area contributed by atoms with Crippen LogP contribution in [0.3, 0.4) is 0 Å². The van der Waals surface area contributed by atoms with Crippen LogP contribution in [-0.4, -0.2) is 49.2 Å². The van der Waals surface area contributed by atoms with Crippen LogP contribution in [-0.2, 0) is 9.47 Å². The predicted molar refractivity (Wildman–Crippen MR) is 53.3 cm³/mol. The molecule has 0 aliphatic carbocycles. The van der Waals surface area contributed by atoms with Gasteiger partial charge in [-0.3, -0.25) is 14.3 Å². The van der Waals surface area contributed by atoms with E-state index in [4.69, 9.17) is 14.6 Å². The monoisotopic (exact) mass is 258 g/mol. The average Bonchev–Trinajstić information content (AvgIpc) is 2.79. The third kappa shape index (κ3) is 1.22. The molecule has 3 rings (SSSR count). The Bertz CT molecular complexity index is 609. The van der Waals surface area contributed by atoms with Gasteiger partial charge >= 0.3 is 5.69 Å². The molecule has 4 N–H and O–H groups in total. The second-order valence-electron chi connectivity index (χ2n) is 4.17. The van der Waals surface area contributed by atoms with E-state index in [2.05, 4.69) is 0 Å². The Hall–Kier alpha value is -1.52. The van der Waals surface area contributed by atoms with Crippen molar-refractivity contribution in [3.8, 4) is 0 Å². The fourth-order valence-electron chi connectivity index (χ4n) is 2.11. The SMILES string of the molecule is O=c1ccn([C@H]2O[C@@H](CO)C3(O)OC23O)c(=O)[nH]1. The van der Waals surface area contributed by atoms with Crippen LogP contribution in [0.5, 0.6) is 0 Å². The molecule has 18 heavy (non-hydrogen) atoms. The van der Waals surface area contributed by atoms with Gasteiger partial charge in [-0.05, 0) is 0 Å². The van der Waals surface area contributed by atoms with Crippen LogP contribution in [0.4, 0.5) is 0 Å². The van der Waals surface area contributed by atoms with Crippen LogP contribution in [0.25, 0.3) is 0 Å². The van der Waals surface area contributed by atoms with E-state index in [1.165, 1.54) is 0 Å². The molecule has 3 heterocycles. The minimum Gasteiger partial charge on any atom is -0.393 e. The summed E-state index contributed by atoms with van der Waals surface area (Å²) in [7, 11) is 0. The number of nitrogens with zero attached hydrogens (tertiary/aromatic N) is 1. The van der Waals surface area contributed by atoms with Crippen molar-refractivity contribution in [3.05, 3.63) is 33.1 Å². The number of fused-ring (bicyclic) bond motifs is 1. The van der Waals surface area contributed by atoms with Gasteiger partial charge in [0.25, 0.3) is 17.1 Å². The summed E-state index contributed by atoms with van der Waals surface area (Å²) in [4.78, 5) is 24.4. The van der Waals surface area contributed by atoms with Gasteiger partial charge in [-0.2, -0.15) is 0 Å². The van der Waals surface area contributed by atoms with E-state index < -0.39 is 41.8 Å². The number of hydrogen-bond acceptors (Lipinski definition) is 7. The molecule has 0 bridgehead atoms. The highest BCUT2D eigenvalue weighted by Gasteiger charge is 2.84. The first-order chi connectivity index (χ1) is 8.42. The minimum atomic E-state index is -2.11. The van der Waals surface area contributed by atoms with Crippen molar-refractivity contribution in [3.63, 3.8) is 0 Å². The van der Waals surface area contributed by atoms with Crippen molar-refractivity contribution in [2.24, 2.45) is 0 Å². The zero-order valence-corrected chi connectivity index (χ0v) is 8.94. The molecule has 0 radical (unpaired) electrons. The Balaban J connectivity index is 2.04. The number of aromatic amines is 1. The highest BCUT2D eigenvalue weighted by molar-refractivity contribution is 5.14. The van der Waals surface area contributed by atoms with E-state index >= 15 is 0 Å². The second kappa shape index (κ2) is 3.28. The van der Waals surface area contributed by atoms with Crippen LogP contribution >= 0.6 is 0 Å². The summed E-state index contributed by atoms with van der Waals surface area (Å²) in [6.07, 6.45) is -1.42. The van der Waals surface area contributed by atoms with Crippen molar-refractivity contribution >= 4 is 0 Å². The molecule has 0 spiro atoms. The third-order valence-corrected chi connectivity index (χ3v) is 3.12. The molecule has 2 saturated heterocycles.